The zero-order valence-corrected chi connectivity index (χ0v) is 57.5. The largest absolute Gasteiger partial charge is 3.00 e. The summed E-state index contributed by atoms with van der Waals surface area (Å²) in [7, 11) is 0. The zero-order chi connectivity index (χ0) is 59.5. The fraction of sp³-hybridized carbons (Fsp3) is 0.960. The van der Waals surface area contributed by atoms with Gasteiger partial charge in [0.05, 0.1) is 0 Å². The summed E-state index contributed by atoms with van der Waals surface area (Å²) >= 11 is 0. The van der Waals surface area contributed by atoms with Gasteiger partial charge in [0.25, 0.3) is 0 Å². The summed E-state index contributed by atoms with van der Waals surface area (Å²) < 4.78 is 0. The van der Waals surface area contributed by atoms with Crippen LogP contribution in [0.2, 0.25) is 0 Å². The van der Waals surface area contributed by atoms with Gasteiger partial charge in [0.2, 0.25) is 0 Å². The normalized spacial score (nSPS) is 11.0. The first kappa shape index (κ1) is 87.4. The summed E-state index contributed by atoms with van der Waals surface area (Å²) in [5.74, 6) is -2.70. The molecule has 0 aliphatic carbocycles. The zero-order valence-electron chi connectivity index (χ0n) is 56.3. The smallest absolute Gasteiger partial charge is 0.550 e. The fourth-order valence-electron chi connectivity index (χ4n) is 11.6. The summed E-state index contributed by atoms with van der Waals surface area (Å²) in [4.78, 5) is 30.9. The van der Waals surface area contributed by atoms with Crippen LogP contribution >= 0.6 is 0 Å². The molecule has 82 heavy (non-hydrogen) atoms. The molecule has 0 radical (unpaired) electrons. The second kappa shape index (κ2) is 84.2. The van der Waals surface area contributed by atoms with E-state index in [1.807, 2.05) is 0 Å². The van der Waals surface area contributed by atoms with Crippen molar-refractivity contribution in [3.05, 3.63) is 0 Å². The number of rotatable bonds is 69. The van der Waals surface area contributed by atoms with Gasteiger partial charge in [-0.1, -0.05) is 425 Å². The predicted octanol–water partition coefficient (Wildman–Crippen LogP) is 22.8. The van der Waals surface area contributed by atoms with Gasteiger partial charge in [-0.2, -0.15) is 0 Å². The topological polar surface area (TPSA) is 120 Å². The maximum atomic E-state index is 10.3. The van der Waals surface area contributed by atoms with E-state index in [1.165, 1.54) is 385 Å². The standard InChI is InChI=1S/3C25H50O2.Al/c3*1-2-3-4-5-6-7-8-9-10-11-12-13-14-15-16-17-18-19-20-21-22-23-24-25(26)27;/h3*2-24H2,1H3,(H,26,27);/q;;;+3/p-3. The SMILES string of the molecule is CCCCCCCCCCCCCCCCCCCCCCCCC(=O)[O-].CCCCCCCCCCCCCCCCCCCCCCCCC(=O)[O-].CCCCCCCCCCCCCCCCCCCCCCCCC(=O)[O-].[Al+3]. The monoisotopic (exact) mass is 1170 g/mol. The van der Waals surface area contributed by atoms with Gasteiger partial charge in [-0.3, -0.25) is 0 Å². The fourth-order valence-corrected chi connectivity index (χ4v) is 11.6. The van der Waals surface area contributed by atoms with Gasteiger partial charge in [-0.25, -0.2) is 0 Å². The third-order valence-corrected chi connectivity index (χ3v) is 17.2. The molecule has 0 aromatic rings. The molecule has 0 bridgehead atoms. The molecule has 0 N–H and O–H groups in total. The Morgan fingerprint density at radius 2 is 0.232 bits per heavy atom. The van der Waals surface area contributed by atoms with Crippen LogP contribution in [0.4, 0.5) is 0 Å². The molecule has 486 valence electrons. The Morgan fingerprint density at radius 1 is 0.159 bits per heavy atom. The van der Waals surface area contributed by atoms with E-state index in [9.17, 15) is 29.7 Å². The number of carbonyl (C=O) groups excluding carboxylic acids is 3. The Morgan fingerprint density at radius 3 is 0.305 bits per heavy atom. The molecule has 0 aliphatic heterocycles. The first-order valence-corrected chi connectivity index (χ1v) is 37.4. The van der Waals surface area contributed by atoms with Gasteiger partial charge in [0.1, 0.15) is 0 Å². The minimum atomic E-state index is -0.900. The Bertz CT molecular complexity index is 1010. The third kappa shape index (κ3) is 95.3. The molecule has 0 aromatic carbocycles. The minimum absolute atomic E-state index is 0. The van der Waals surface area contributed by atoms with Gasteiger partial charge in [-0.15, -0.1) is 0 Å². The van der Waals surface area contributed by atoms with Crippen LogP contribution in [0.1, 0.15) is 464 Å². The number of hydrogen-bond acceptors (Lipinski definition) is 6. The summed E-state index contributed by atoms with van der Waals surface area (Å²) in [6.45, 7) is 6.86. The Kier molecular flexibility index (Phi) is 89.7. The van der Waals surface area contributed by atoms with Gasteiger partial charge in [0, 0.05) is 17.9 Å². The van der Waals surface area contributed by atoms with Gasteiger partial charge >= 0.3 is 17.4 Å². The molecule has 0 atom stereocenters. The molecule has 0 saturated carbocycles. The first-order chi connectivity index (χ1) is 39.8. The van der Waals surface area contributed by atoms with E-state index in [-0.39, 0.29) is 36.6 Å². The Balaban J connectivity index is -0.000000553. The van der Waals surface area contributed by atoms with Crippen LogP contribution in [0.15, 0.2) is 0 Å². The number of hydrogen-bond donors (Lipinski definition) is 0. The minimum Gasteiger partial charge on any atom is -0.550 e. The van der Waals surface area contributed by atoms with Crippen LogP contribution in [-0.2, 0) is 14.4 Å². The molecule has 0 spiro atoms. The molecule has 0 heterocycles. The van der Waals surface area contributed by atoms with E-state index in [0.717, 1.165) is 38.5 Å². The second-order valence-corrected chi connectivity index (χ2v) is 25.6. The van der Waals surface area contributed by atoms with E-state index in [2.05, 4.69) is 20.8 Å². The van der Waals surface area contributed by atoms with Crippen molar-refractivity contribution in [3.63, 3.8) is 0 Å². The van der Waals surface area contributed by atoms with Crippen molar-refractivity contribution < 1.29 is 29.7 Å². The summed E-state index contributed by atoms with van der Waals surface area (Å²) in [6, 6.07) is 0. The molecule has 0 unspecified atom stereocenters. The van der Waals surface area contributed by atoms with Crippen LogP contribution in [0.5, 0.6) is 0 Å². The van der Waals surface area contributed by atoms with E-state index < -0.39 is 17.9 Å². The maximum absolute atomic E-state index is 10.3. The van der Waals surface area contributed by atoms with Crippen LogP contribution in [0, 0.1) is 0 Å². The van der Waals surface area contributed by atoms with Gasteiger partial charge in [-0.05, 0) is 38.5 Å². The van der Waals surface area contributed by atoms with Crippen molar-refractivity contribution >= 4 is 35.3 Å². The molecule has 7 heteroatoms. The van der Waals surface area contributed by atoms with E-state index in [4.69, 9.17) is 0 Å². The molecule has 0 aliphatic rings. The number of unbranched alkanes of at least 4 members (excludes halogenated alkanes) is 63. The number of carboxylic acids is 3. The van der Waals surface area contributed by atoms with Crippen molar-refractivity contribution in [1.29, 1.82) is 0 Å². The summed E-state index contributed by atoms with van der Waals surface area (Å²) in [6.07, 6.45) is 90.6. The first-order valence-electron chi connectivity index (χ1n) is 37.4. The van der Waals surface area contributed by atoms with Crippen LogP contribution < -0.4 is 15.3 Å². The molecular formula is C75H147AlO6. The van der Waals surface area contributed by atoms with Gasteiger partial charge in [0.15, 0.2) is 0 Å². The summed E-state index contributed by atoms with van der Waals surface area (Å²) in [5.41, 5.74) is 0. The second-order valence-electron chi connectivity index (χ2n) is 25.6. The van der Waals surface area contributed by atoms with Crippen LogP contribution in [0.25, 0.3) is 0 Å². The van der Waals surface area contributed by atoms with E-state index >= 15 is 0 Å². The van der Waals surface area contributed by atoms with Crippen molar-refractivity contribution in [1.82, 2.24) is 0 Å². The van der Waals surface area contributed by atoms with Crippen molar-refractivity contribution in [3.8, 4) is 0 Å². The average molecular weight is 1170 g/mol. The third-order valence-electron chi connectivity index (χ3n) is 17.2. The molecular weight excluding hydrogens is 1020 g/mol. The molecule has 6 nitrogen and oxygen atoms in total. The molecule has 0 rings (SSSR count). The Labute approximate surface area is 525 Å². The van der Waals surface area contributed by atoms with Crippen molar-refractivity contribution in [2.45, 2.75) is 464 Å². The Hall–Kier alpha value is -1.06. The molecule has 0 saturated heterocycles. The maximum Gasteiger partial charge on any atom is 3.00 e. The average Bonchev–Trinajstić information content (AvgIpc) is 3.45. The van der Waals surface area contributed by atoms with Crippen molar-refractivity contribution in [2.24, 2.45) is 0 Å². The predicted molar refractivity (Wildman–Crippen MR) is 356 cm³/mol. The van der Waals surface area contributed by atoms with Crippen LogP contribution in [-0.4, -0.2) is 35.3 Å². The number of carbonyl (C=O) groups is 3. The quantitative estimate of drug-likeness (QED) is 0.0442. The van der Waals surface area contributed by atoms with E-state index in [1.54, 1.807) is 0 Å². The van der Waals surface area contributed by atoms with Gasteiger partial charge < -0.3 is 29.7 Å². The molecule has 0 aromatic heterocycles. The molecule has 0 fully saturated rings. The van der Waals surface area contributed by atoms with Crippen LogP contribution in [0.3, 0.4) is 0 Å². The number of carboxylic acid groups (broad SMARTS) is 3. The molecule has 0 amide bonds. The number of aliphatic carboxylic acids is 3. The van der Waals surface area contributed by atoms with E-state index in [0.29, 0.717) is 0 Å². The van der Waals surface area contributed by atoms with Crippen molar-refractivity contribution in [2.75, 3.05) is 0 Å². The summed E-state index contributed by atoms with van der Waals surface area (Å²) in [5, 5.41) is 30.9.